The average Bonchev–Trinajstić information content (AvgIpc) is 3.16. The van der Waals surface area contributed by atoms with Crippen molar-refractivity contribution in [2.45, 2.75) is 17.7 Å². The zero-order valence-electron chi connectivity index (χ0n) is 12.1. The van der Waals surface area contributed by atoms with Gasteiger partial charge in [-0.15, -0.1) is 0 Å². The minimum atomic E-state index is -3.68. The van der Waals surface area contributed by atoms with Gasteiger partial charge in [-0.05, 0) is 30.3 Å². The van der Waals surface area contributed by atoms with Crippen molar-refractivity contribution in [3.8, 4) is 11.5 Å². The first kappa shape index (κ1) is 14.8. The highest BCUT2D eigenvalue weighted by Gasteiger charge is 2.29. The van der Waals surface area contributed by atoms with E-state index in [-0.39, 0.29) is 4.90 Å². The maximum Gasteiger partial charge on any atom is 0.262 e. The molecule has 0 unspecified atom stereocenters. The third kappa shape index (κ3) is 2.57. The molecule has 4 rings (SSSR count). The Labute approximate surface area is 142 Å². The summed E-state index contributed by atoms with van der Waals surface area (Å²) in [6.45, 7) is 1.12. The van der Waals surface area contributed by atoms with E-state index in [9.17, 15) is 8.42 Å². The number of nitrogens with one attached hydrogen (secondary N) is 1. The Morgan fingerprint density at radius 1 is 1.04 bits per heavy atom. The van der Waals surface area contributed by atoms with Crippen molar-refractivity contribution in [1.82, 2.24) is 0 Å². The highest BCUT2D eigenvalue weighted by atomic mass is 79.9. The molecule has 2 heterocycles. The number of halogens is 1. The molecule has 2 aromatic carbocycles. The van der Waals surface area contributed by atoms with E-state index in [1.54, 1.807) is 24.3 Å². The summed E-state index contributed by atoms with van der Waals surface area (Å²) in [6.07, 6.45) is 1.43. The first-order chi connectivity index (χ1) is 11.0. The summed E-state index contributed by atoms with van der Waals surface area (Å²) >= 11 is 3.31. The van der Waals surface area contributed by atoms with Crippen LogP contribution in [0.2, 0.25) is 0 Å². The molecule has 1 N–H and O–H groups in total. The van der Waals surface area contributed by atoms with Crippen LogP contribution in [0.3, 0.4) is 0 Å². The molecule has 7 heteroatoms. The number of anilines is 1. The van der Waals surface area contributed by atoms with Gasteiger partial charge >= 0.3 is 0 Å². The van der Waals surface area contributed by atoms with Gasteiger partial charge < -0.3 is 9.47 Å². The summed E-state index contributed by atoms with van der Waals surface area (Å²) in [4.78, 5) is 0.212. The third-order valence-electron chi connectivity index (χ3n) is 4.01. The Bertz CT molecular complexity index is 846. The second kappa shape index (κ2) is 5.42. The number of benzene rings is 2. The molecule has 2 aromatic rings. The molecular weight excluding hydrogens is 382 g/mol. The summed E-state index contributed by atoms with van der Waals surface area (Å²) in [5.41, 5.74) is 2.38. The number of sulfonamides is 1. The molecule has 120 valence electrons. The molecule has 0 saturated carbocycles. The standard InChI is InChI=1S/C16H14BrNO4S/c17-11-1-3-12(4-2-11)23(19,20)18-15-13-6-8-21-14(13)9-10-5-7-22-16(10)15/h1-4,9,18H,5-8H2. The summed E-state index contributed by atoms with van der Waals surface area (Å²) in [6, 6.07) is 8.49. The van der Waals surface area contributed by atoms with Gasteiger partial charge in [0.05, 0.1) is 23.8 Å². The lowest BCUT2D eigenvalue weighted by Crippen LogP contribution is -2.14. The molecule has 2 aliphatic rings. The summed E-state index contributed by atoms with van der Waals surface area (Å²) in [7, 11) is -3.68. The van der Waals surface area contributed by atoms with Crippen LogP contribution >= 0.6 is 15.9 Å². The Hall–Kier alpha value is -1.73. The van der Waals surface area contributed by atoms with Crippen LogP contribution in [-0.2, 0) is 22.9 Å². The molecule has 0 fully saturated rings. The van der Waals surface area contributed by atoms with Crippen molar-refractivity contribution >= 4 is 31.6 Å². The number of rotatable bonds is 3. The monoisotopic (exact) mass is 395 g/mol. The maximum absolute atomic E-state index is 12.7. The highest BCUT2D eigenvalue weighted by molar-refractivity contribution is 9.10. The molecule has 0 bridgehead atoms. The Morgan fingerprint density at radius 2 is 1.78 bits per heavy atom. The van der Waals surface area contributed by atoms with Gasteiger partial charge in [0, 0.05) is 28.4 Å². The molecule has 0 aliphatic carbocycles. The largest absolute Gasteiger partial charge is 0.493 e. The van der Waals surface area contributed by atoms with Crippen molar-refractivity contribution in [1.29, 1.82) is 0 Å². The van der Waals surface area contributed by atoms with Gasteiger partial charge in [-0.1, -0.05) is 15.9 Å². The maximum atomic E-state index is 12.7. The quantitative estimate of drug-likeness (QED) is 0.866. The molecule has 0 aromatic heterocycles. The van der Waals surface area contributed by atoms with E-state index in [2.05, 4.69) is 20.7 Å². The highest BCUT2D eigenvalue weighted by Crippen LogP contribution is 2.45. The predicted octanol–water partition coefficient (Wildman–Crippen LogP) is 3.12. The summed E-state index contributed by atoms with van der Waals surface area (Å²) < 4.78 is 40.2. The van der Waals surface area contributed by atoms with Crippen molar-refractivity contribution in [3.05, 3.63) is 45.9 Å². The van der Waals surface area contributed by atoms with Gasteiger partial charge in [0.1, 0.15) is 11.5 Å². The second-order valence-corrected chi connectivity index (χ2v) is 8.07. The molecule has 0 spiro atoms. The zero-order valence-corrected chi connectivity index (χ0v) is 14.5. The minimum absolute atomic E-state index is 0.212. The van der Waals surface area contributed by atoms with E-state index in [0.29, 0.717) is 31.1 Å². The van der Waals surface area contributed by atoms with Crippen molar-refractivity contribution in [2.24, 2.45) is 0 Å². The van der Waals surface area contributed by atoms with Crippen LogP contribution in [0.4, 0.5) is 5.69 Å². The second-order valence-electron chi connectivity index (χ2n) is 5.47. The molecule has 0 saturated heterocycles. The fourth-order valence-electron chi connectivity index (χ4n) is 2.90. The van der Waals surface area contributed by atoms with Crippen LogP contribution in [0.15, 0.2) is 39.7 Å². The first-order valence-electron chi connectivity index (χ1n) is 7.27. The fourth-order valence-corrected chi connectivity index (χ4v) is 4.26. The van der Waals surface area contributed by atoms with Gasteiger partial charge in [-0.3, -0.25) is 4.72 Å². The third-order valence-corrected chi connectivity index (χ3v) is 5.91. The number of hydrogen-bond donors (Lipinski definition) is 1. The molecule has 23 heavy (non-hydrogen) atoms. The van der Waals surface area contributed by atoms with E-state index in [4.69, 9.17) is 9.47 Å². The number of fused-ring (bicyclic) bond motifs is 2. The van der Waals surface area contributed by atoms with E-state index >= 15 is 0 Å². The summed E-state index contributed by atoms with van der Waals surface area (Å²) in [5, 5.41) is 0. The normalized spacial score (nSPS) is 15.5. The molecule has 0 radical (unpaired) electrons. The fraction of sp³-hybridized carbons (Fsp3) is 0.250. The topological polar surface area (TPSA) is 64.6 Å². The Kier molecular flexibility index (Phi) is 3.50. The van der Waals surface area contributed by atoms with Crippen LogP contribution in [0.1, 0.15) is 11.1 Å². The van der Waals surface area contributed by atoms with Crippen LogP contribution in [0.5, 0.6) is 11.5 Å². The van der Waals surface area contributed by atoms with Gasteiger partial charge in [0.2, 0.25) is 0 Å². The van der Waals surface area contributed by atoms with E-state index in [1.807, 2.05) is 6.07 Å². The Morgan fingerprint density at radius 3 is 2.57 bits per heavy atom. The lowest BCUT2D eigenvalue weighted by molar-refractivity contribution is 0.356. The lowest BCUT2D eigenvalue weighted by Gasteiger charge is -2.15. The van der Waals surface area contributed by atoms with Crippen molar-refractivity contribution in [3.63, 3.8) is 0 Å². The number of hydrogen-bond acceptors (Lipinski definition) is 4. The predicted molar refractivity (Wildman–Crippen MR) is 89.8 cm³/mol. The van der Waals surface area contributed by atoms with Crippen LogP contribution < -0.4 is 14.2 Å². The lowest BCUT2D eigenvalue weighted by atomic mass is 10.0. The SMILES string of the molecule is O=S(=O)(Nc1c2c(cc3c1OCC3)OCC2)c1ccc(Br)cc1. The average molecular weight is 396 g/mol. The molecular formula is C16H14BrNO4S. The zero-order chi connectivity index (χ0) is 16.0. The molecule has 5 nitrogen and oxygen atoms in total. The van der Waals surface area contributed by atoms with E-state index in [0.717, 1.165) is 27.8 Å². The van der Waals surface area contributed by atoms with Crippen molar-refractivity contribution < 1.29 is 17.9 Å². The first-order valence-corrected chi connectivity index (χ1v) is 9.55. The van der Waals surface area contributed by atoms with Gasteiger partial charge in [0.15, 0.2) is 0 Å². The van der Waals surface area contributed by atoms with Gasteiger partial charge in [-0.25, -0.2) is 8.42 Å². The van der Waals surface area contributed by atoms with Gasteiger partial charge in [-0.2, -0.15) is 0 Å². The summed E-state index contributed by atoms with van der Waals surface area (Å²) in [5.74, 6) is 1.39. The van der Waals surface area contributed by atoms with Crippen LogP contribution in [-0.4, -0.2) is 21.6 Å². The van der Waals surface area contributed by atoms with Crippen LogP contribution in [0, 0.1) is 0 Å². The minimum Gasteiger partial charge on any atom is -0.493 e. The van der Waals surface area contributed by atoms with Gasteiger partial charge in [0.25, 0.3) is 10.0 Å². The van der Waals surface area contributed by atoms with E-state index < -0.39 is 10.0 Å². The van der Waals surface area contributed by atoms with Crippen molar-refractivity contribution in [2.75, 3.05) is 17.9 Å². The van der Waals surface area contributed by atoms with E-state index in [1.165, 1.54) is 0 Å². The number of ether oxygens (including phenoxy) is 2. The molecule has 0 amide bonds. The van der Waals surface area contributed by atoms with Crippen LogP contribution in [0.25, 0.3) is 0 Å². The Balaban J connectivity index is 1.79. The molecule has 2 aliphatic heterocycles. The molecule has 0 atom stereocenters. The smallest absolute Gasteiger partial charge is 0.262 e.